The molecule has 1 aromatic carbocycles. The Morgan fingerprint density at radius 3 is 1.58 bits per heavy atom. The molecule has 1 fully saturated rings. The van der Waals surface area contributed by atoms with E-state index in [1.165, 1.54) is 42.0 Å². The van der Waals surface area contributed by atoms with E-state index in [-0.39, 0.29) is 6.42 Å². The lowest BCUT2D eigenvalue weighted by atomic mass is 10.0. The molecule has 2 heterocycles. The van der Waals surface area contributed by atoms with Gasteiger partial charge in [-0.3, -0.25) is 43.0 Å². The zero-order valence-electron chi connectivity index (χ0n) is 30.2. The zero-order valence-corrected chi connectivity index (χ0v) is 30.2. The topological polar surface area (TPSA) is 204 Å². The molecule has 18 heteroatoms. The number of ether oxygens (including phenoxy) is 4. The molecule has 0 spiro atoms. The Hall–Kier alpha value is -5.81. The first-order valence-electron chi connectivity index (χ1n) is 16.2. The van der Waals surface area contributed by atoms with Crippen molar-refractivity contribution in [1.82, 2.24) is 29.4 Å². The summed E-state index contributed by atoms with van der Waals surface area (Å²) in [6.45, 7) is -0.661. The summed E-state index contributed by atoms with van der Waals surface area (Å²) in [5, 5.41) is 4.17. The summed E-state index contributed by atoms with van der Waals surface area (Å²) in [5.41, 5.74) is 2.56. The number of hydrogen-bond donors (Lipinski definition) is 0. The third-order valence-electron chi connectivity index (χ3n) is 7.99. The van der Waals surface area contributed by atoms with Crippen molar-refractivity contribution in [2.75, 3.05) is 61.0 Å². The molecule has 1 aliphatic rings. The van der Waals surface area contributed by atoms with Gasteiger partial charge in [0, 0.05) is 60.0 Å². The maximum atomic E-state index is 13.6. The van der Waals surface area contributed by atoms with Crippen LogP contribution in [0, 0.1) is 0 Å². The van der Waals surface area contributed by atoms with Crippen LogP contribution >= 0.6 is 0 Å². The average molecular weight is 729 g/mol. The van der Waals surface area contributed by atoms with Crippen LogP contribution in [0.2, 0.25) is 0 Å². The molecular weight excluding hydrogens is 684 g/mol. The Morgan fingerprint density at radius 2 is 1.06 bits per heavy atom. The Bertz CT molecular complexity index is 1660. The number of nitrogens with zero attached hydrogens (tertiary/aromatic N) is 6. The van der Waals surface area contributed by atoms with E-state index in [9.17, 15) is 38.4 Å². The summed E-state index contributed by atoms with van der Waals surface area (Å²) in [5.74, 6) is -6.93. The van der Waals surface area contributed by atoms with Gasteiger partial charge in [0.2, 0.25) is 0 Å². The smallest absolute Gasteiger partial charge is 0.326 e. The van der Waals surface area contributed by atoms with Crippen LogP contribution in [-0.2, 0) is 77.2 Å². The van der Waals surface area contributed by atoms with Gasteiger partial charge in [0.25, 0.3) is 23.6 Å². The second-order valence-corrected chi connectivity index (χ2v) is 12.4. The molecule has 1 aromatic heterocycles. The molecule has 1 aliphatic heterocycles. The molecule has 1 saturated heterocycles. The Morgan fingerprint density at radius 1 is 0.596 bits per heavy atom. The fraction of sp³-hybridized carbons (Fsp3) is 0.500. The van der Waals surface area contributed by atoms with E-state index >= 15 is 0 Å². The molecular formula is C34H44N6O12. The molecule has 52 heavy (non-hydrogen) atoms. The van der Waals surface area contributed by atoms with Crippen molar-refractivity contribution < 1.29 is 57.3 Å². The minimum Gasteiger partial charge on any atom is -0.454 e. The van der Waals surface area contributed by atoms with Crippen LogP contribution in [0.1, 0.15) is 30.7 Å². The molecule has 4 amide bonds. The highest BCUT2D eigenvalue weighted by atomic mass is 16.6. The predicted octanol–water partition coefficient (Wildman–Crippen LogP) is -1.28. The first kappa shape index (κ1) is 40.6. The highest BCUT2D eigenvalue weighted by Crippen LogP contribution is 2.15. The number of carbonyl (C=O) groups is 8. The molecule has 0 saturated carbocycles. The minimum absolute atomic E-state index is 0.0936. The van der Waals surface area contributed by atoms with Crippen molar-refractivity contribution in [2.24, 2.45) is 7.05 Å². The van der Waals surface area contributed by atoms with E-state index < -0.39 is 98.6 Å². The summed E-state index contributed by atoms with van der Waals surface area (Å²) in [7, 11) is 6.87. The zero-order chi connectivity index (χ0) is 38.7. The van der Waals surface area contributed by atoms with E-state index in [1.54, 1.807) is 23.0 Å². The van der Waals surface area contributed by atoms with Gasteiger partial charge in [0.15, 0.2) is 24.9 Å². The number of aryl methyl sites for hydroxylation is 1. The van der Waals surface area contributed by atoms with Crippen molar-refractivity contribution in [3.63, 3.8) is 0 Å². The molecule has 2 aromatic rings. The van der Waals surface area contributed by atoms with Crippen LogP contribution in [0.4, 0.5) is 0 Å². The van der Waals surface area contributed by atoms with E-state index in [0.717, 1.165) is 30.9 Å². The fourth-order valence-corrected chi connectivity index (χ4v) is 5.00. The number of amides is 4. The number of hydrogen-bond acceptors (Lipinski definition) is 13. The normalized spacial score (nSPS) is 21.7. The molecule has 3 unspecified atom stereocenters. The van der Waals surface area contributed by atoms with Crippen molar-refractivity contribution in [2.45, 2.75) is 45.0 Å². The minimum atomic E-state index is -1.44. The number of esters is 4. The Labute approximate surface area is 300 Å². The lowest BCUT2D eigenvalue weighted by Gasteiger charge is -2.26. The van der Waals surface area contributed by atoms with E-state index in [1.807, 2.05) is 25.2 Å². The molecule has 0 N–H and O–H groups in total. The first-order chi connectivity index (χ1) is 24.4. The van der Waals surface area contributed by atoms with Crippen LogP contribution < -0.4 is 0 Å². The third-order valence-corrected chi connectivity index (χ3v) is 7.99. The number of cyclic esters (lactones) is 4. The van der Waals surface area contributed by atoms with Gasteiger partial charge in [-0.25, -0.2) is 0 Å². The largest absolute Gasteiger partial charge is 0.454 e. The van der Waals surface area contributed by atoms with Crippen LogP contribution in [0.25, 0.3) is 0 Å². The summed E-state index contributed by atoms with van der Waals surface area (Å²) >= 11 is 0. The summed E-state index contributed by atoms with van der Waals surface area (Å²) in [6, 6.07) is 9.13. The predicted molar refractivity (Wildman–Crippen MR) is 179 cm³/mol. The maximum absolute atomic E-state index is 13.6. The number of aromatic nitrogens is 2. The highest BCUT2D eigenvalue weighted by Gasteiger charge is 2.31. The van der Waals surface area contributed by atoms with Gasteiger partial charge in [-0.05, 0) is 31.0 Å². The van der Waals surface area contributed by atoms with Crippen LogP contribution in [0.5, 0.6) is 0 Å². The second kappa shape index (κ2) is 18.4. The molecule has 282 valence electrons. The maximum Gasteiger partial charge on any atom is 0.326 e. The van der Waals surface area contributed by atoms with Gasteiger partial charge in [0.1, 0.15) is 26.2 Å². The second-order valence-electron chi connectivity index (χ2n) is 12.4. The quantitative estimate of drug-likeness (QED) is 0.266. The molecule has 0 bridgehead atoms. The van der Waals surface area contributed by atoms with E-state index in [4.69, 9.17) is 18.9 Å². The van der Waals surface area contributed by atoms with Crippen molar-refractivity contribution in [1.29, 1.82) is 0 Å². The number of rotatable bonds is 4. The van der Waals surface area contributed by atoms with Crippen LogP contribution in [-0.4, -0.2) is 156 Å². The number of carbonyl (C=O) groups excluding carboxylic acids is 8. The lowest BCUT2D eigenvalue weighted by molar-refractivity contribution is -0.167. The monoisotopic (exact) mass is 728 g/mol. The Kier molecular flexibility index (Phi) is 14.4. The fourth-order valence-electron chi connectivity index (χ4n) is 5.00. The SMILES string of the molecule is CC1OC(=O)CN(C)C(=O)C(Cc2ccc(Cc3ccnn3C)cc2)OC(=O)CN(C)C(=O)C(C)OC(=O)CN(C)C(=O)COC(=O)CN(C)C1=O. The average Bonchev–Trinajstić information content (AvgIpc) is 3.49. The van der Waals surface area contributed by atoms with Crippen molar-refractivity contribution in [3.8, 4) is 0 Å². The van der Waals surface area contributed by atoms with Crippen LogP contribution in [0.15, 0.2) is 36.5 Å². The molecule has 18 nitrogen and oxygen atoms in total. The van der Waals surface area contributed by atoms with Crippen molar-refractivity contribution >= 4 is 47.5 Å². The standard InChI is InChI=1S/C34H44N6O12/c1-21-32(46)37(4)16-28(42)49-20-27(41)36(3)17-29(43)50-22(2)33(47)38(5)19-31(45)52-26(34(48)39(6)18-30(44)51-21)15-24-10-8-23(9-11-24)14-25-12-13-35-40(25)7/h8-13,21-22,26H,14-20H2,1-7H3. The lowest BCUT2D eigenvalue weighted by Crippen LogP contribution is -2.46. The summed E-state index contributed by atoms with van der Waals surface area (Å²) in [6.07, 6.45) is -1.98. The van der Waals surface area contributed by atoms with Gasteiger partial charge in [0.05, 0.1) is 0 Å². The summed E-state index contributed by atoms with van der Waals surface area (Å²) in [4.78, 5) is 106. The molecule has 0 radical (unpaired) electrons. The van der Waals surface area contributed by atoms with Gasteiger partial charge in [-0.15, -0.1) is 0 Å². The Balaban J connectivity index is 1.83. The molecule has 0 aliphatic carbocycles. The molecule has 3 rings (SSSR count). The number of benzene rings is 1. The third kappa shape index (κ3) is 11.9. The number of likely N-dealkylation sites (N-methyl/N-ethyl adjacent to an activating group) is 4. The first-order valence-corrected chi connectivity index (χ1v) is 16.2. The van der Waals surface area contributed by atoms with Gasteiger partial charge >= 0.3 is 23.9 Å². The van der Waals surface area contributed by atoms with E-state index in [2.05, 4.69) is 5.10 Å². The van der Waals surface area contributed by atoms with Gasteiger partial charge in [-0.2, -0.15) is 5.10 Å². The summed E-state index contributed by atoms with van der Waals surface area (Å²) < 4.78 is 22.6. The highest BCUT2D eigenvalue weighted by molar-refractivity contribution is 5.91. The molecule has 3 atom stereocenters. The van der Waals surface area contributed by atoms with E-state index in [0.29, 0.717) is 12.0 Å². The van der Waals surface area contributed by atoms with Crippen LogP contribution in [0.3, 0.4) is 0 Å². The van der Waals surface area contributed by atoms with Crippen molar-refractivity contribution in [3.05, 3.63) is 53.3 Å². The van der Waals surface area contributed by atoms with Gasteiger partial charge in [-0.1, -0.05) is 24.3 Å². The van der Waals surface area contributed by atoms with Gasteiger partial charge < -0.3 is 38.5 Å².